The van der Waals surface area contributed by atoms with Crippen LogP contribution in [0, 0.1) is 0 Å². The minimum Gasteiger partial charge on any atom is -0.0683 e. The quantitative estimate of drug-likeness (QED) is 0.453. The number of hydrogen-bond donors (Lipinski definition) is 0. The fourth-order valence-corrected chi connectivity index (χ4v) is 1.06. The molecular weight excluding hydrogens is 96.1 g/mol. The minimum absolute atomic E-state index is 1.50. The highest BCUT2D eigenvalue weighted by Crippen LogP contribution is 2.15. The molecule has 1 fully saturated rings. The monoisotopic (exact) mass is 114 g/mol. The van der Waals surface area contributed by atoms with Gasteiger partial charge < -0.3 is 0 Å². The molecule has 1 saturated carbocycles. The fraction of sp³-hybridized carbons (Fsp3) is 1.00. The summed E-state index contributed by atoms with van der Waals surface area (Å²) in [6.07, 6.45) is 9.00. The van der Waals surface area contributed by atoms with Gasteiger partial charge in [0.2, 0.25) is 0 Å². The highest BCUT2D eigenvalue weighted by Gasteiger charge is 1.95. The molecule has 0 aromatic carbocycles. The summed E-state index contributed by atoms with van der Waals surface area (Å²) in [5.41, 5.74) is 0. The fourth-order valence-electron chi connectivity index (χ4n) is 1.06. The van der Waals surface area contributed by atoms with Gasteiger partial charge in [0.15, 0.2) is 0 Å². The van der Waals surface area contributed by atoms with Crippen molar-refractivity contribution in [3.63, 3.8) is 0 Å². The molecule has 0 bridgehead atoms. The molecule has 0 N–H and O–H groups in total. The van der Waals surface area contributed by atoms with E-state index in [4.69, 9.17) is 0 Å². The van der Waals surface area contributed by atoms with E-state index >= 15 is 0 Å². The molecule has 0 amide bonds. The molecule has 1 aliphatic carbocycles. The summed E-state index contributed by atoms with van der Waals surface area (Å²) < 4.78 is 0. The van der Waals surface area contributed by atoms with Crippen LogP contribution < -0.4 is 0 Å². The van der Waals surface area contributed by atoms with Crippen LogP contribution in [0.5, 0.6) is 0 Å². The van der Waals surface area contributed by atoms with Crippen LogP contribution >= 0.6 is 0 Å². The van der Waals surface area contributed by atoms with E-state index in [2.05, 4.69) is 0 Å². The molecule has 0 aromatic rings. The van der Waals surface area contributed by atoms with Crippen molar-refractivity contribution in [1.82, 2.24) is 0 Å². The molecule has 0 radical (unpaired) electrons. The van der Waals surface area contributed by atoms with E-state index in [0.29, 0.717) is 0 Å². The first-order valence-electron chi connectivity index (χ1n) is 4.00. The van der Waals surface area contributed by atoms with Crippen molar-refractivity contribution in [2.75, 3.05) is 0 Å². The van der Waals surface area contributed by atoms with Gasteiger partial charge in [0.25, 0.3) is 0 Å². The zero-order valence-corrected chi connectivity index (χ0v) is 6.24. The van der Waals surface area contributed by atoms with Crippen molar-refractivity contribution in [3.05, 3.63) is 0 Å². The van der Waals surface area contributed by atoms with Gasteiger partial charge in [0.05, 0.1) is 0 Å². The van der Waals surface area contributed by atoms with Gasteiger partial charge in [-0.2, -0.15) is 0 Å². The second-order valence-corrected chi connectivity index (χ2v) is 2.12. The second-order valence-electron chi connectivity index (χ2n) is 2.12. The van der Waals surface area contributed by atoms with Crippen LogP contribution in [0.1, 0.15) is 52.4 Å². The molecule has 0 atom stereocenters. The molecule has 0 saturated heterocycles. The Morgan fingerprint density at radius 1 is 0.500 bits per heavy atom. The van der Waals surface area contributed by atoms with E-state index in [1.165, 1.54) is 38.5 Å². The van der Waals surface area contributed by atoms with E-state index in [-0.39, 0.29) is 0 Å². The van der Waals surface area contributed by atoms with E-state index < -0.39 is 0 Å². The van der Waals surface area contributed by atoms with Crippen LogP contribution in [0.25, 0.3) is 0 Å². The lowest BCUT2D eigenvalue weighted by atomic mass is 10.0. The molecule has 1 aliphatic rings. The largest absolute Gasteiger partial charge is 0.0683 e. The summed E-state index contributed by atoms with van der Waals surface area (Å²) in [6.45, 7) is 4.00. The molecule has 8 heavy (non-hydrogen) atoms. The summed E-state index contributed by atoms with van der Waals surface area (Å²) in [5.74, 6) is 0. The third-order valence-corrected chi connectivity index (χ3v) is 1.50. The summed E-state index contributed by atoms with van der Waals surface area (Å²) in [5, 5.41) is 0. The first-order valence-corrected chi connectivity index (χ1v) is 4.00. The van der Waals surface area contributed by atoms with E-state index in [1.807, 2.05) is 13.8 Å². The number of hydrogen-bond acceptors (Lipinski definition) is 0. The standard InChI is InChI=1S/C6H12.C2H6/c1-2-4-6-5-3-1;1-2/h1-6H2;1-2H3. The summed E-state index contributed by atoms with van der Waals surface area (Å²) >= 11 is 0. The predicted molar refractivity (Wildman–Crippen MR) is 39.0 cm³/mol. The first kappa shape index (κ1) is 8.00. The molecule has 50 valence electrons. The third kappa shape index (κ3) is 4.17. The summed E-state index contributed by atoms with van der Waals surface area (Å²) in [6, 6.07) is 0. The van der Waals surface area contributed by atoms with E-state index in [9.17, 15) is 0 Å². The van der Waals surface area contributed by atoms with Crippen LogP contribution in [-0.4, -0.2) is 0 Å². The smallest absolute Gasteiger partial charge is 0.0533 e. The topological polar surface area (TPSA) is 0 Å². The summed E-state index contributed by atoms with van der Waals surface area (Å²) in [7, 11) is 0. The Bertz CT molecular complexity index is 15.5. The Kier molecular flexibility index (Phi) is 7.00. The van der Waals surface area contributed by atoms with E-state index in [0.717, 1.165) is 0 Å². The lowest BCUT2D eigenvalue weighted by Gasteiger charge is -2.05. The van der Waals surface area contributed by atoms with Crippen LogP contribution in [0.3, 0.4) is 0 Å². The van der Waals surface area contributed by atoms with Gasteiger partial charge in [-0.1, -0.05) is 52.4 Å². The van der Waals surface area contributed by atoms with E-state index in [1.54, 1.807) is 0 Å². The van der Waals surface area contributed by atoms with Crippen LogP contribution in [0.2, 0.25) is 0 Å². The van der Waals surface area contributed by atoms with Gasteiger partial charge in [-0.25, -0.2) is 0 Å². The maximum atomic E-state index is 2.00. The lowest BCUT2D eigenvalue weighted by Crippen LogP contribution is -1.85. The van der Waals surface area contributed by atoms with Crippen LogP contribution in [0.4, 0.5) is 0 Å². The van der Waals surface area contributed by atoms with Gasteiger partial charge in [-0.3, -0.25) is 0 Å². The normalized spacial score (nSPS) is 18.8. The predicted octanol–water partition coefficient (Wildman–Crippen LogP) is 3.37. The second kappa shape index (κ2) is 7.00. The van der Waals surface area contributed by atoms with Crippen molar-refractivity contribution < 1.29 is 0 Å². The van der Waals surface area contributed by atoms with Crippen molar-refractivity contribution in [2.24, 2.45) is 0 Å². The highest BCUT2D eigenvalue weighted by molar-refractivity contribution is 4.51. The SMILES string of the molecule is C1CCCCC1.CC. The first-order chi connectivity index (χ1) is 4.00. The van der Waals surface area contributed by atoms with Crippen LogP contribution in [0.15, 0.2) is 0 Å². The van der Waals surface area contributed by atoms with Crippen molar-refractivity contribution in [1.29, 1.82) is 0 Å². The Morgan fingerprint density at radius 3 is 0.750 bits per heavy atom. The van der Waals surface area contributed by atoms with Gasteiger partial charge >= 0.3 is 0 Å². The van der Waals surface area contributed by atoms with Crippen LogP contribution in [-0.2, 0) is 0 Å². The molecule has 0 heterocycles. The van der Waals surface area contributed by atoms with Crippen molar-refractivity contribution in [3.8, 4) is 0 Å². The molecular formula is C8H18. The third-order valence-electron chi connectivity index (χ3n) is 1.50. The Hall–Kier alpha value is 0. The molecule has 0 aliphatic heterocycles. The number of rotatable bonds is 0. The Balaban J connectivity index is 0.000000222. The minimum atomic E-state index is 1.50. The highest BCUT2D eigenvalue weighted by atomic mass is 14.0. The van der Waals surface area contributed by atoms with Gasteiger partial charge in [-0.15, -0.1) is 0 Å². The van der Waals surface area contributed by atoms with Gasteiger partial charge in [0, 0.05) is 0 Å². The molecule has 0 unspecified atom stereocenters. The maximum Gasteiger partial charge on any atom is -0.0533 e. The zero-order valence-electron chi connectivity index (χ0n) is 6.24. The average molecular weight is 114 g/mol. The van der Waals surface area contributed by atoms with Crippen molar-refractivity contribution in [2.45, 2.75) is 52.4 Å². The summed E-state index contributed by atoms with van der Waals surface area (Å²) in [4.78, 5) is 0. The molecule has 0 spiro atoms. The molecule has 0 nitrogen and oxygen atoms in total. The molecule has 0 aromatic heterocycles. The lowest BCUT2D eigenvalue weighted by molar-refractivity contribution is 0.504. The maximum absolute atomic E-state index is 2.00. The van der Waals surface area contributed by atoms with Gasteiger partial charge in [0.1, 0.15) is 0 Å². The molecule has 0 heteroatoms. The van der Waals surface area contributed by atoms with Crippen molar-refractivity contribution >= 4 is 0 Å². The van der Waals surface area contributed by atoms with Gasteiger partial charge in [-0.05, 0) is 0 Å². The Labute approximate surface area is 53.3 Å². The molecule has 1 rings (SSSR count). The average Bonchev–Trinajstić information content (AvgIpc) is 1.96. The Morgan fingerprint density at radius 2 is 0.625 bits per heavy atom. The zero-order chi connectivity index (χ0) is 6.24.